The molecule has 0 saturated heterocycles. The maximum absolute atomic E-state index is 12.9. The standard InChI is InChI=1S/C16H12Cl4N2O/c1-8-4-5-10-9(7-8)3-2-6-22(10)16(23)14-12(18)11(17)13(19)15(20)21-14/h4-5,7H,2-3,6H2,1H3. The van der Waals surface area contributed by atoms with E-state index in [1.54, 1.807) is 4.90 Å². The van der Waals surface area contributed by atoms with Crippen molar-refractivity contribution in [2.75, 3.05) is 11.4 Å². The van der Waals surface area contributed by atoms with Crippen LogP contribution in [0.2, 0.25) is 20.2 Å². The fourth-order valence-corrected chi connectivity index (χ4v) is 3.50. The van der Waals surface area contributed by atoms with Crippen LogP contribution in [0.4, 0.5) is 5.69 Å². The van der Waals surface area contributed by atoms with Gasteiger partial charge in [0, 0.05) is 12.2 Å². The number of fused-ring (bicyclic) bond motifs is 1. The van der Waals surface area contributed by atoms with Gasteiger partial charge < -0.3 is 4.90 Å². The van der Waals surface area contributed by atoms with E-state index >= 15 is 0 Å². The second-order valence-corrected chi connectivity index (χ2v) is 6.88. The van der Waals surface area contributed by atoms with Crippen molar-refractivity contribution in [3.63, 3.8) is 0 Å². The van der Waals surface area contributed by atoms with Crippen LogP contribution in [0, 0.1) is 6.92 Å². The SMILES string of the molecule is Cc1ccc2c(c1)CCCN2C(=O)c1nc(Cl)c(Cl)c(Cl)c1Cl. The molecule has 0 bridgehead atoms. The number of hydrogen-bond donors (Lipinski definition) is 0. The lowest BCUT2D eigenvalue weighted by atomic mass is 9.99. The van der Waals surface area contributed by atoms with Crippen LogP contribution in [0.3, 0.4) is 0 Å². The molecule has 0 aliphatic carbocycles. The van der Waals surface area contributed by atoms with Gasteiger partial charge in [0.15, 0.2) is 5.69 Å². The highest BCUT2D eigenvalue weighted by atomic mass is 35.5. The molecule has 1 aromatic carbocycles. The minimum Gasteiger partial charge on any atom is -0.307 e. The molecule has 1 aromatic heterocycles. The van der Waals surface area contributed by atoms with Crippen molar-refractivity contribution >= 4 is 58.0 Å². The van der Waals surface area contributed by atoms with Crippen LogP contribution in [-0.2, 0) is 6.42 Å². The van der Waals surface area contributed by atoms with Gasteiger partial charge in [-0.05, 0) is 31.4 Å². The molecule has 2 heterocycles. The van der Waals surface area contributed by atoms with Gasteiger partial charge in [-0.15, -0.1) is 0 Å². The molecule has 3 rings (SSSR count). The van der Waals surface area contributed by atoms with Gasteiger partial charge in [-0.3, -0.25) is 4.79 Å². The van der Waals surface area contributed by atoms with E-state index in [9.17, 15) is 4.79 Å². The second-order valence-electron chi connectivity index (χ2n) is 5.39. The Bertz CT molecular complexity index is 807. The van der Waals surface area contributed by atoms with Gasteiger partial charge in [-0.1, -0.05) is 64.1 Å². The van der Waals surface area contributed by atoms with Crippen LogP contribution in [0.25, 0.3) is 0 Å². The normalized spacial score (nSPS) is 13.9. The van der Waals surface area contributed by atoms with E-state index < -0.39 is 0 Å². The molecular weight excluding hydrogens is 378 g/mol. The monoisotopic (exact) mass is 388 g/mol. The molecule has 2 aromatic rings. The number of halogens is 4. The van der Waals surface area contributed by atoms with Gasteiger partial charge in [-0.25, -0.2) is 4.98 Å². The number of aromatic nitrogens is 1. The first-order chi connectivity index (χ1) is 10.9. The molecule has 0 N–H and O–H groups in total. The fourth-order valence-electron chi connectivity index (χ4n) is 2.69. The molecule has 0 fully saturated rings. The van der Waals surface area contributed by atoms with Crippen LogP contribution in [0.15, 0.2) is 18.2 Å². The van der Waals surface area contributed by atoms with Gasteiger partial charge in [0.25, 0.3) is 5.91 Å². The molecule has 1 aliphatic heterocycles. The summed E-state index contributed by atoms with van der Waals surface area (Å²) in [6.07, 6.45) is 1.80. The van der Waals surface area contributed by atoms with E-state index in [1.165, 1.54) is 0 Å². The minimum atomic E-state index is -0.333. The first kappa shape index (κ1) is 16.8. The summed E-state index contributed by atoms with van der Waals surface area (Å²) in [5.74, 6) is -0.333. The highest BCUT2D eigenvalue weighted by molar-refractivity contribution is 6.52. The molecule has 0 radical (unpaired) electrons. The lowest BCUT2D eigenvalue weighted by Gasteiger charge is -2.30. The molecule has 23 heavy (non-hydrogen) atoms. The Morgan fingerprint density at radius 2 is 1.87 bits per heavy atom. The third-order valence-electron chi connectivity index (χ3n) is 3.79. The van der Waals surface area contributed by atoms with E-state index in [2.05, 4.69) is 11.1 Å². The number of benzene rings is 1. The zero-order valence-electron chi connectivity index (χ0n) is 12.2. The number of carbonyl (C=O) groups is 1. The Balaban J connectivity index is 2.06. The summed E-state index contributed by atoms with van der Waals surface area (Å²) in [6, 6.07) is 6.00. The number of nitrogens with zero attached hydrogens (tertiary/aromatic N) is 2. The van der Waals surface area contributed by atoms with E-state index in [-0.39, 0.29) is 31.8 Å². The van der Waals surface area contributed by atoms with Crippen molar-refractivity contribution in [1.82, 2.24) is 4.98 Å². The Hall–Kier alpha value is -1.000. The number of carbonyl (C=O) groups excluding carboxylic acids is 1. The average Bonchev–Trinajstić information content (AvgIpc) is 2.54. The first-order valence-corrected chi connectivity index (χ1v) is 8.52. The largest absolute Gasteiger partial charge is 0.307 e. The molecular formula is C16H12Cl4N2O. The third-order valence-corrected chi connectivity index (χ3v) is 5.46. The van der Waals surface area contributed by atoms with E-state index in [0.29, 0.717) is 6.54 Å². The van der Waals surface area contributed by atoms with Gasteiger partial charge in [0.2, 0.25) is 0 Å². The summed E-state index contributed by atoms with van der Waals surface area (Å²) < 4.78 is 0. The van der Waals surface area contributed by atoms with Gasteiger partial charge in [0.1, 0.15) is 5.15 Å². The van der Waals surface area contributed by atoms with Crippen molar-refractivity contribution in [3.8, 4) is 0 Å². The number of hydrogen-bond acceptors (Lipinski definition) is 2. The predicted molar refractivity (Wildman–Crippen MR) is 95.5 cm³/mol. The lowest BCUT2D eigenvalue weighted by Crippen LogP contribution is -2.36. The van der Waals surface area contributed by atoms with Crippen LogP contribution < -0.4 is 4.90 Å². The van der Waals surface area contributed by atoms with E-state index in [4.69, 9.17) is 46.4 Å². The molecule has 3 nitrogen and oxygen atoms in total. The summed E-state index contributed by atoms with van der Waals surface area (Å²) in [6.45, 7) is 2.61. The molecule has 120 valence electrons. The quantitative estimate of drug-likeness (QED) is 0.595. The number of rotatable bonds is 1. The van der Waals surface area contributed by atoms with Crippen molar-refractivity contribution in [2.24, 2.45) is 0 Å². The summed E-state index contributed by atoms with van der Waals surface area (Å²) >= 11 is 24.0. The number of aryl methyl sites for hydroxylation is 2. The molecule has 0 atom stereocenters. The van der Waals surface area contributed by atoms with Gasteiger partial charge in [-0.2, -0.15) is 0 Å². The molecule has 1 amide bonds. The van der Waals surface area contributed by atoms with E-state index in [1.807, 2.05) is 19.1 Å². The average molecular weight is 390 g/mol. The highest BCUT2D eigenvalue weighted by Gasteiger charge is 2.28. The lowest BCUT2D eigenvalue weighted by molar-refractivity contribution is 0.0980. The summed E-state index contributed by atoms with van der Waals surface area (Å²) in [7, 11) is 0. The van der Waals surface area contributed by atoms with Crippen molar-refractivity contribution < 1.29 is 4.79 Å². The van der Waals surface area contributed by atoms with Crippen LogP contribution in [0.5, 0.6) is 0 Å². The second kappa shape index (κ2) is 6.48. The fraction of sp³-hybridized carbons (Fsp3) is 0.250. The summed E-state index contributed by atoms with van der Waals surface area (Å²) in [4.78, 5) is 18.6. The van der Waals surface area contributed by atoms with Crippen LogP contribution in [-0.4, -0.2) is 17.4 Å². The van der Waals surface area contributed by atoms with Crippen molar-refractivity contribution in [2.45, 2.75) is 19.8 Å². The Morgan fingerprint density at radius 3 is 2.61 bits per heavy atom. The number of pyridine rings is 1. The number of amides is 1. The van der Waals surface area contributed by atoms with Crippen molar-refractivity contribution in [3.05, 3.63) is 55.2 Å². The predicted octanol–water partition coefficient (Wildman–Crippen LogP) is 5.60. The number of anilines is 1. The smallest absolute Gasteiger partial charge is 0.278 e. The Morgan fingerprint density at radius 1 is 1.13 bits per heavy atom. The van der Waals surface area contributed by atoms with Crippen LogP contribution in [0.1, 0.15) is 28.0 Å². The summed E-state index contributed by atoms with van der Waals surface area (Å²) in [5.41, 5.74) is 3.17. The maximum atomic E-state index is 12.9. The minimum absolute atomic E-state index is 0.0134. The highest BCUT2D eigenvalue weighted by Crippen LogP contribution is 2.37. The molecule has 1 aliphatic rings. The zero-order valence-corrected chi connectivity index (χ0v) is 15.2. The van der Waals surface area contributed by atoms with Crippen LogP contribution >= 0.6 is 46.4 Å². The maximum Gasteiger partial charge on any atom is 0.278 e. The Labute approximate surface area is 154 Å². The van der Waals surface area contributed by atoms with E-state index in [0.717, 1.165) is 29.7 Å². The molecule has 0 saturated carbocycles. The Kier molecular flexibility index (Phi) is 4.75. The summed E-state index contributed by atoms with van der Waals surface area (Å²) in [5, 5.41) is 0.0678. The third kappa shape index (κ3) is 3.03. The first-order valence-electron chi connectivity index (χ1n) is 7.01. The molecule has 0 unspecified atom stereocenters. The molecule has 7 heteroatoms. The van der Waals surface area contributed by atoms with Gasteiger partial charge >= 0.3 is 0 Å². The zero-order chi connectivity index (χ0) is 16.7. The van der Waals surface area contributed by atoms with Gasteiger partial charge in [0.05, 0.1) is 15.1 Å². The topological polar surface area (TPSA) is 33.2 Å². The van der Waals surface area contributed by atoms with Crippen molar-refractivity contribution in [1.29, 1.82) is 0 Å². The molecule has 0 spiro atoms.